The Balaban J connectivity index is 2.44. The second-order valence-electron chi connectivity index (χ2n) is 3.65. The lowest BCUT2D eigenvalue weighted by molar-refractivity contribution is 0.433. The summed E-state index contributed by atoms with van der Waals surface area (Å²) in [7, 11) is 0. The van der Waals surface area contributed by atoms with Crippen molar-refractivity contribution < 1.29 is 8.78 Å². The topological polar surface area (TPSA) is 26.0 Å². The summed E-state index contributed by atoms with van der Waals surface area (Å²) in [5.41, 5.74) is 6.99. The Hall–Kier alpha value is -0.770. The first-order chi connectivity index (χ1) is 6.59. The largest absolute Gasteiger partial charge is 0.398 e. The second-order valence-corrected chi connectivity index (χ2v) is 4.19. The molecule has 76 valence electrons. The van der Waals surface area contributed by atoms with Crippen molar-refractivity contribution >= 4 is 12.6 Å². The van der Waals surface area contributed by atoms with E-state index >= 15 is 0 Å². The Morgan fingerprint density at radius 1 is 1.43 bits per heavy atom. The number of rotatable bonds is 0. The standard InChI is InChI=1S/C10H11F2NS/c11-7-3-5-1-2-9(14)10(13)6(5)4-8(7)12/h4-5,14H,1-3,13H2. The van der Waals surface area contributed by atoms with E-state index in [-0.39, 0.29) is 12.3 Å². The zero-order valence-electron chi connectivity index (χ0n) is 7.56. The van der Waals surface area contributed by atoms with Gasteiger partial charge in [-0.2, -0.15) is 0 Å². The molecule has 0 aliphatic heterocycles. The summed E-state index contributed by atoms with van der Waals surface area (Å²) in [6.07, 6.45) is 2.89. The Morgan fingerprint density at radius 2 is 2.14 bits per heavy atom. The number of allylic oxidation sites excluding steroid dienone is 5. The smallest absolute Gasteiger partial charge is 0.154 e. The molecule has 0 aromatic rings. The Morgan fingerprint density at radius 3 is 2.86 bits per heavy atom. The summed E-state index contributed by atoms with van der Waals surface area (Å²) in [6.45, 7) is 0. The van der Waals surface area contributed by atoms with E-state index in [1.165, 1.54) is 6.08 Å². The number of thiol groups is 1. The quantitative estimate of drug-likeness (QED) is 0.597. The average Bonchev–Trinajstić information content (AvgIpc) is 2.15. The van der Waals surface area contributed by atoms with Crippen LogP contribution in [0.5, 0.6) is 0 Å². The maximum atomic E-state index is 13.0. The normalized spacial score (nSPS) is 27.6. The summed E-state index contributed by atoms with van der Waals surface area (Å²) >= 11 is 4.21. The van der Waals surface area contributed by atoms with Crippen LogP contribution in [-0.4, -0.2) is 0 Å². The van der Waals surface area contributed by atoms with Gasteiger partial charge in [0.15, 0.2) is 5.83 Å². The highest BCUT2D eigenvalue weighted by molar-refractivity contribution is 7.84. The van der Waals surface area contributed by atoms with Crippen LogP contribution in [0.3, 0.4) is 0 Å². The molecule has 2 aliphatic rings. The van der Waals surface area contributed by atoms with E-state index in [0.717, 1.165) is 17.7 Å². The van der Waals surface area contributed by atoms with Crippen molar-refractivity contribution in [2.75, 3.05) is 0 Å². The molecule has 0 fully saturated rings. The molecule has 4 heteroatoms. The van der Waals surface area contributed by atoms with Gasteiger partial charge in [0.2, 0.25) is 0 Å². The minimum Gasteiger partial charge on any atom is -0.398 e. The van der Waals surface area contributed by atoms with Gasteiger partial charge in [-0.05, 0) is 30.4 Å². The van der Waals surface area contributed by atoms with Gasteiger partial charge >= 0.3 is 0 Å². The van der Waals surface area contributed by atoms with Crippen LogP contribution >= 0.6 is 12.6 Å². The van der Waals surface area contributed by atoms with Crippen molar-refractivity contribution in [2.24, 2.45) is 11.7 Å². The molecular formula is C10H11F2NS. The van der Waals surface area contributed by atoms with Crippen molar-refractivity contribution in [3.63, 3.8) is 0 Å². The van der Waals surface area contributed by atoms with Crippen molar-refractivity contribution in [3.8, 4) is 0 Å². The molecule has 0 heterocycles. The lowest BCUT2D eigenvalue weighted by atomic mass is 9.81. The zero-order valence-corrected chi connectivity index (χ0v) is 8.45. The van der Waals surface area contributed by atoms with Gasteiger partial charge in [-0.3, -0.25) is 0 Å². The summed E-state index contributed by atoms with van der Waals surface area (Å²) in [5, 5.41) is 0. The van der Waals surface area contributed by atoms with Gasteiger partial charge < -0.3 is 5.73 Å². The number of hydrogen-bond donors (Lipinski definition) is 2. The van der Waals surface area contributed by atoms with Gasteiger partial charge in [0, 0.05) is 17.0 Å². The molecule has 0 spiro atoms. The molecule has 2 N–H and O–H groups in total. The van der Waals surface area contributed by atoms with E-state index in [0.29, 0.717) is 11.3 Å². The fourth-order valence-electron chi connectivity index (χ4n) is 1.92. The third kappa shape index (κ3) is 1.47. The SMILES string of the molecule is NC1=C(S)CCC2CC(F)=C(F)C=C12. The fourth-order valence-corrected chi connectivity index (χ4v) is 2.18. The molecule has 0 radical (unpaired) electrons. The first-order valence-corrected chi connectivity index (χ1v) is 4.98. The first-order valence-electron chi connectivity index (χ1n) is 4.53. The van der Waals surface area contributed by atoms with Crippen LogP contribution in [0.15, 0.2) is 33.9 Å². The van der Waals surface area contributed by atoms with Crippen molar-refractivity contribution in [2.45, 2.75) is 19.3 Å². The van der Waals surface area contributed by atoms with Crippen LogP contribution in [0.4, 0.5) is 8.78 Å². The minimum absolute atomic E-state index is 0.0328. The van der Waals surface area contributed by atoms with Gasteiger partial charge in [-0.1, -0.05) is 0 Å². The molecule has 2 aliphatic carbocycles. The van der Waals surface area contributed by atoms with E-state index < -0.39 is 11.7 Å². The lowest BCUT2D eigenvalue weighted by Crippen LogP contribution is -2.20. The van der Waals surface area contributed by atoms with Crippen LogP contribution in [0, 0.1) is 5.92 Å². The van der Waals surface area contributed by atoms with E-state index in [2.05, 4.69) is 12.6 Å². The van der Waals surface area contributed by atoms with Crippen LogP contribution < -0.4 is 5.73 Å². The first kappa shape index (κ1) is 9.77. The number of nitrogens with two attached hydrogens (primary N) is 1. The summed E-state index contributed by atoms with van der Waals surface area (Å²) in [4.78, 5) is 0.780. The third-order valence-electron chi connectivity index (χ3n) is 2.76. The van der Waals surface area contributed by atoms with Crippen LogP contribution in [0.1, 0.15) is 19.3 Å². The number of hydrogen-bond acceptors (Lipinski definition) is 2. The molecule has 0 amide bonds. The average molecular weight is 215 g/mol. The zero-order chi connectivity index (χ0) is 10.3. The predicted octanol–water partition coefficient (Wildman–Crippen LogP) is 2.98. The monoisotopic (exact) mass is 215 g/mol. The lowest BCUT2D eigenvalue weighted by Gasteiger charge is -2.28. The van der Waals surface area contributed by atoms with E-state index in [1.54, 1.807) is 0 Å². The van der Waals surface area contributed by atoms with Gasteiger partial charge in [-0.15, -0.1) is 12.6 Å². The highest BCUT2D eigenvalue weighted by Crippen LogP contribution is 2.41. The van der Waals surface area contributed by atoms with Gasteiger partial charge in [0.05, 0.1) is 0 Å². The van der Waals surface area contributed by atoms with Crippen LogP contribution in [-0.2, 0) is 0 Å². The Labute approximate surface area is 86.8 Å². The summed E-state index contributed by atoms with van der Waals surface area (Å²) < 4.78 is 25.9. The minimum atomic E-state index is -0.790. The fraction of sp³-hybridized carbons (Fsp3) is 0.400. The molecule has 1 atom stereocenters. The molecule has 1 nitrogen and oxygen atoms in total. The highest BCUT2D eigenvalue weighted by atomic mass is 32.1. The second kappa shape index (κ2) is 3.42. The molecule has 14 heavy (non-hydrogen) atoms. The third-order valence-corrected chi connectivity index (χ3v) is 3.22. The highest BCUT2D eigenvalue weighted by Gasteiger charge is 2.29. The molecule has 0 saturated carbocycles. The van der Waals surface area contributed by atoms with Crippen LogP contribution in [0.2, 0.25) is 0 Å². The van der Waals surface area contributed by atoms with Gasteiger partial charge in [-0.25, -0.2) is 8.78 Å². The van der Waals surface area contributed by atoms with Crippen molar-refractivity contribution in [3.05, 3.63) is 33.9 Å². The molecular weight excluding hydrogens is 204 g/mol. The van der Waals surface area contributed by atoms with Gasteiger partial charge in [0.1, 0.15) is 5.83 Å². The van der Waals surface area contributed by atoms with E-state index in [4.69, 9.17) is 5.73 Å². The molecule has 0 saturated heterocycles. The Kier molecular flexibility index (Phi) is 2.39. The molecule has 2 rings (SSSR count). The van der Waals surface area contributed by atoms with Gasteiger partial charge in [0.25, 0.3) is 0 Å². The molecule has 0 bridgehead atoms. The predicted molar refractivity (Wildman–Crippen MR) is 54.9 cm³/mol. The number of halogens is 2. The van der Waals surface area contributed by atoms with Crippen LogP contribution in [0.25, 0.3) is 0 Å². The number of fused-ring (bicyclic) bond motifs is 1. The van der Waals surface area contributed by atoms with Crippen molar-refractivity contribution in [1.82, 2.24) is 0 Å². The maximum Gasteiger partial charge on any atom is 0.154 e. The molecule has 0 aromatic carbocycles. The van der Waals surface area contributed by atoms with E-state index in [9.17, 15) is 8.78 Å². The Bertz CT molecular complexity index is 368. The summed E-state index contributed by atoms with van der Waals surface area (Å²) in [6, 6.07) is 0. The van der Waals surface area contributed by atoms with E-state index in [1.807, 2.05) is 0 Å². The molecule has 0 aromatic heterocycles. The van der Waals surface area contributed by atoms with Crippen molar-refractivity contribution in [1.29, 1.82) is 0 Å². The maximum absolute atomic E-state index is 13.0. The summed E-state index contributed by atoms with van der Waals surface area (Å²) in [5.74, 6) is -1.42. The molecule has 1 unspecified atom stereocenters.